The number of carboxylic acids is 1. The molecule has 1 aromatic rings. The number of aliphatic carboxylic acids is 1. The van der Waals surface area contributed by atoms with Gasteiger partial charge in [-0.1, -0.05) is 18.2 Å². The fourth-order valence-electron chi connectivity index (χ4n) is 3.12. The van der Waals surface area contributed by atoms with Gasteiger partial charge in [-0.3, -0.25) is 4.79 Å². The van der Waals surface area contributed by atoms with E-state index in [1.165, 1.54) is 30.5 Å². The van der Waals surface area contributed by atoms with E-state index >= 15 is 0 Å². The van der Waals surface area contributed by atoms with E-state index in [2.05, 4.69) is 29.2 Å². The highest BCUT2D eigenvalue weighted by Gasteiger charge is 2.34. The lowest BCUT2D eigenvalue weighted by Gasteiger charge is -2.37. The highest BCUT2D eigenvalue weighted by molar-refractivity contribution is 5.67. The van der Waals surface area contributed by atoms with Gasteiger partial charge in [-0.25, -0.2) is 0 Å². The number of nitrogens with zero attached hydrogens (tertiary/aromatic N) is 1. The number of anilines is 1. The Hall–Kier alpha value is -1.51. The van der Waals surface area contributed by atoms with Crippen LogP contribution in [-0.4, -0.2) is 23.7 Å². The molecule has 1 atom stereocenters. The summed E-state index contributed by atoms with van der Waals surface area (Å²) in [5, 5.41) is 8.84. The zero-order chi connectivity index (χ0) is 12.5. The lowest BCUT2D eigenvalue weighted by molar-refractivity contribution is -0.137. The van der Waals surface area contributed by atoms with E-state index in [1.807, 2.05) is 0 Å². The summed E-state index contributed by atoms with van der Waals surface area (Å²) in [6.07, 6.45) is 4.95. The molecule has 0 spiro atoms. The van der Waals surface area contributed by atoms with Crippen LogP contribution in [0.4, 0.5) is 5.69 Å². The van der Waals surface area contributed by atoms with Crippen molar-refractivity contribution in [3.8, 4) is 0 Å². The molecule has 1 N–H and O–H groups in total. The minimum Gasteiger partial charge on any atom is -0.481 e. The number of rotatable bonds is 4. The Morgan fingerprint density at radius 2 is 2.11 bits per heavy atom. The van der Waals surface area contributed by atoms with Crippen LogP contribution in [0.15, 0.2) is 24.3 Å². The molecule has 1 aromatic carbocycles. The van der Waals surface area contributed by atoms with Crippen LogP contribution in [0.2, 0.25) is 0 Å². The first-order chi connectivity index (χ1) is 8.75. The van der Waals surface area contributed by atoms with Crippen LogP contribution in [-0.2, 0) is 4.79 Å². The Kier molecular flexibility index (Phi) is 2.98. The average molecular weight is 245 g/mol. The average Bonchev–Trinajstić information content (AvgIpc) is 2.64. The summed E-state index contributed by atoms with van der Waals surface area (Å²) in [6.45, 7) is 1.01. The van der Waals surface area contributed by atoms with Gasteiger partial charge >= 0.3 is 5.97 Å². The fraction of sp³-hybridized carbons (Fsp3) is 0.533. The SMILES string of the molecule is O=C(O)CCC1CN(C2CCC2)c2ccccc21. The monoisotopic (exact) mass is 245 g/mol. The molecule has 96 valence electrons. The molecule has 1 fully saturated rings. The van der Waals surface area contributed by atoms with Crippen LogP contribution < -0.4 is 4.90 Å². The molecule has 0 radical (unpaired) electrons. The van der Waals surface area contributed by atoms with Crippen molar-refractivity contribution in [3.05, 3.63) is 29.8 Å². The third kappa shape index (κ3) is 1.98. The van der Waals surface area contributed by atoms with Gasteiger partial charge in [0.15, 0.2) is 0 Å². The summed E-state index contributed by atoms with van der Waals surface area (Å²) in [6, 6.07) is 9.21. The topological polar surface area (TPSA) is 40.5 Å². The minimum absolute atomic E-state index is 0.275. The summed E-state index contributed by atoms with van der Waals surface area (Å²) >= 11 is 0. The zero-order valence-corrected chi connectivity index (χ0v) is 10.5. The van der Waals surface area contributed by atoms with E-state index in [9.17, 15) is 4.79 Å². The number of hydrogen-bond donors (Lipinski definition) is 1. The summed E-state index contributed by atoms with van der Waals surface area (Å²) < 4.78 is 0. The highest BCUT2D eigenvalue weighted by Crippen LogP contribution is 2.42. The van der Waals surface area contributed by atoms with Crippen molar-refractivity contribution >= 4 is 11.7 Å². The zero-order valence-electron chi connectivity index (χ0n) is 10.5. The normalized spacial score (nSPS) is 22.7. The van der Waals surface area contributed by atoms with Crippen LogP contribution in [0.25, 0.3) is 0 Å². The summed E-state index contributed by atoms with van der Waals surface area (Å²) in [5.41, 5.74) is 2.70. The van der Waals surface area contributed by atoms with E-state index in [0.717, 1.165) is 13.0 Å². The van der Waals surface area contributed by atoms with Gasteiger partial charge in [0.2, 0.25) is 0 Å². The standard InChI is InChI=1S/C15H19NO2/c17-15(18)9-8-11-10-16(12-4-3-5-12)14-7-2-1-6-13(11)14/h1-2,6-7,11-12H,3-5,8-10H2,(H,17,18). The number of hydrogen-bond acceptors (Lipinski definition) is 2. The molecule has 2 aliphatic rings. The second-order valence-corrected chi connectivity index (χ2v) is 5.43. The van der Waals surface area contributed by atoms with E-state index < -0.39 is 5.97 Å². The van der Waals surface area contributed by atoms with E-state index in [0.29, 0.717) is 12.0 Å². The van der Waals surface area contributed by atoms with Gasteiger partial charge in [0.1, 0.15) is 0 Å². The number of fused-ring (bicyclic) bond motifs is 1. The van der Waals surface area contributed by atoms with Crippen LogP contribution in [0.3, 0.4) is 0 Å². The maximum atomic E-state index is 10.7. The molecule has 1 unspecified atom stereocenters. The summed E-state index contributed by atoms with van der Waals surface area (Å²) in [7, 11) is 0. The van der Waals surface area contributed by atoms with Gasteiger partial charge in [0.05, 0.1) is 0 Å². The number of benzene rings is 1. The Bertz CT molecular complexity index is 454. The lowest BCUT2D eigenvalue weighted by Crippen LogP contribution is -2.39. The molecule has 0 saturated heterocycles. The van der Waals surface area contributed by atoms with Gasteiger partial charge in [0, 0.05) is 30.6 Å². The highest BCUT2D eigenvalue weighted by atomic mass is 16.4. The van der Waals surface area contributed by atoms with Crippen LogP contribution in [0, 0.1) is 0 Å². The number of para-hydroxylation sites is 1. The van der Waals surface area contributed by atoms with E-state index in [1.54, 1.807) is 0 Å². The summed E-state index contributed by atoms with van der Waals surface area (Å²) in [5.74, 6) is -0.285. The summed E-state index contributed by atoms with van der Waals surface area (Å²) in [4.78, 5) is 13.2. The molecule has 18 heavy (non-hydrogen) atoms. The molecule has 0 bridgehead atoms. The second-order valence-electron chi connectivity index (χ2n) is 5.43. The van der Waals surface area contributed by atoms with Crippen LogP contribution in [0.1, 0.15) is 43.6 Å². The predicted molar refractivity (Wildman–Crippen MR) is 71.0 cm³/mol. The molecule has 3 rings (SSSR count). The molecule has 1 heterocycles. The quantitative estimate of drug-likeness (QED) is 0.886. The van der Waals surface area contributed by atoms with Gasteiger partial charge in [-0.15, -0.1) is 0 Å². The van der Waals surface area contributed by atoms with Crippen LogP contribution in [0.5, 0.6) is 0 Å². The smallest absolute Gasteiger partial charge is 0.303 e. The van der Waals surface area contributed by atoms with Gasteiger partial charge < -0.3 is 10.0 Å². The Morgan fingerprint density at radius 3 is 2.78 bits per heavy atom. The van der Waals surface area contributed by atoms with Crippen molar-refractivity contribution in [1.29, 1.82) is 0 Å². The van der Waals surface area contributed by atoms with Crippen molar-refractivity contribution in [2.75, 3.05) is 11.4 Å². The first-order valence-electron chi connectivity index (χ1n) is 6.83. The van der Waals surface area contributed by atoms with Gasteiger partial charge in [0.25, 0.3) is 0 Å². The molecule has 1 aliphatic carbocycles. The molecule has 3 nitrogen and oxygen atoms in total. The van der Waals surface area contributed by atoms with E-state index in [-0.39, 0.29) is 6.42 Å². The number of carbonyl (C=O) groups is 1. The van der Waals surface area contributed by atoms with Crippen molar-refractivity contribution in [2.45, 2.75) is 44.1 Å². The fourth-order valence-corrected chi connectivity index (χ4v) is 3.12. The molecule has 0 amide bonds. The molecule has 1 aliphatic heterocycles. The predicted octanol–water partition coefficient (Wildman–Crippen LogP) is 3.01. The second kappa shape index (κ2) is 4.63. The van der Waals surface area contributed by atoms with Gasteiger partial charge in [-0.2, -0.15) is 0 Å². The molecule has 3 heteroatoms. The largest absolute Gasteiger partial charge is 0.481 e. The Balaban J connectivity index is 1.79. The Morgan fingerprint density at radius 1 is 1.33 bits per heavy atom. The van der Waals surface area contributed by atoms with Gasteiger partial charge in [-0.05, 0) is 37.3 Å². The molecular formula is C15H19NO2. The molecule has 1 saturated carbocycles. The third-order valence-electron chi connectivity index (χ3n) is 4.33. The molecular weight excluding hydrogens is 226 g/mol. The Labute approximate surface area is 107 Å². The molecule has 0 aromatic heterocycles. The third-order valence-corrected chi connectivity index (χ3v) is 4.33. The van der Waals surface area contributed by atoms with Crippen LogP contribution >= 0.6 is 0 Å². The maximum Gasteiger partial charge on any atom is 0.303 e. The van der Waals surface area contributed by atoms with Crippen molar-refractivity contribution in [3.63, 3.8) is 0 Å². The minimum atomic E-state index is -0.686. The lowest BCUT2D eigenvalue weighted by atomic mass is 9.91. The first kappa shape index (κ1) is 11.6. The van der Waals surface area contributed by atoms with Crippen molar-refractivity contribution in [2.24, 2.45) is 0 Å². The van der Waals surface area contributed by atoms with Crippen molar-refractivity contribution < 1.29 is 9.90 Å². The number of carboxylic acid groups (broad SMARTS) is 1. The van der Waals surface area contributed by atoms with Crippen molar-refractivity contribution in [1.82, 2.24) is 0 Å². The first-order valence-corrected chi connectivity index (χ1v) is 6.83. The van der Waals surface area contributed by atoms with E-state index in [4.69, 9.17) is 5.11 Å². The maximum absolute atomic E-state index is 10.7.